The van der Waals surface area contributed by atoms with Gasteiger partial charge in [-0.1, -0.05) is 6.42 Å². The summed E-state index contributed by atoms with van der Waals surface area (Å²) in [5.41, 5.74) is 5.53. The predicted molar refractivity (Wildman–Crippen MR) is 115 cm³/mol. The summed E-state index contributed by atoms with van der Waals surface area (Å²) in [6.45, 7) is 2.83. The first-order chi connectivity index (χ1) is 15.2. The first kappa shape index (κ1) is 21.9. The summed E-state index contributed by atoms with van der Waals surface area (Å²) < 4.78 is 43.2. The molecule has 10 heteroatoms. The molecule has 3 fully saturated rings. The predicted octanol–water partition coefficient (Wildman–Crippen LogP) is 2.50. The minimum absolute atomic E-state index is 0.0620. The molecule has 176 valence electrons. The van der Waals surface area contributed by atoms with E-state index in [1.165, 1.54) is 18.5 Å². The second kappa shape index (κ2) is 7.86. The first-order valence-corrected chi connectivity index (χ1v) is 11.3. The Balaban J connectivity index is 1.43. The van der Waals surface area contributed by atoms with Gasteiger partial charge in [-0.05, 0) is 57.8 Å². The van der Waals surface area contributed by atoms with Crippen molar-refractivity contribution in [2.75, 3.05) is 33.9 Å². The maximum Gasteiger partial charge on any atom is 0.418 e. The lowest BCUT2D eigenvalue weighted by Gasteiger charge is -2.56. The number of likely N-dealkylation sites (tertiary alicyclic amines) is 1. The van der Waals surface area contributed by atoms with Crippen LogP contribution in [0, 0.1) is 11.3 Å². The summed E-state index contributed by atoms with van der Waals surface area (Å²) in [5, 5.41) is 0. The lowest BCUT2D eigenvalue weighted by molar-refractivity contribution is -0.136. The molecule has 32 heavy (non-hydrogen) atoms. The van der Waals surface area contributed by atoms with E-state index in [4.69, 9.17) is 0 Å². The Morgan fingerprint density at radius 3 is 2.66 bits per heavy atom. The van der Waals surface area contributed by atoms with Crippen LogP contribution in [0.3, 0.4) is 0 Å². The molecule has 2 N–H and O–H groups in total. The van der Waals surface area contributed by atoms with E-state index < -0.39 is 11.7 Å². The number of pyridine rings is 1. The number of fused-ring (bicyclic) bond motifs is 1. The summed E-state index contributed by atoms with van der Waals surface area (Å²) >= 11 is 0. The van der Waals surface area contributed by atoms with Gasteiger partial charge in [-0.2, -0.15) is 13.2 Å². The highest BCUT2D eigenvalue weighted by molar-refractivity contribution is 5.55. The Hall–Kier alpha value is -1.88. The molecule has 2 saturated heterocycles. The summed E-state index contributed by atoms with van der Waals surface area (Å²) in [7, 11) is 4.23. The maximum absolute atomic E-state index is 13.5. The van der Waals surface area contributed by atoms with Crippen LogP contribution in [0.2, 0.25) is 0 Å². The summed E-state index contributed by atoms with van der Waals surface area (Å²) in [5.74, 6) is 0.435. The van der Waals surface area contributed by atoms with Crippen molar-refractivity contribution in [3.8, 4) is 0 Å². The number of rotatable bonds is 4. The summed E-state index contributed by atoms with van der Waals surface area (Å²) in [6.07, 6.45) is 3.38. The molecule has 3 aliphatic rings. The van der Waals surface area contributed by atoms with Crippen LogP contribution in [0.25, 0.3) is 5.52 Å². The second-order valence-corrected chi connectivity index (χ2v) is 10.0. The molecule has 1 aliphatic carbocycles. The minimum Gasteiger partial charge on any atom is -0.305 e. The van der Waals surface area contributed by atoms with E-state index in [-0.39, 0.29) is 28.8 Å². The number of nitrogens with one attached hydrogen (secondary N) is 2. The molecular weight excluding hydrogens is 421 g/mol. The number of nitrogens with zero attached hydrogens (tertiary/aromatic N) is 4. The third kappa shape index (κ3) is 3.67. The second-order valence-electron chi connectivity index (χ2n) is 10.0. The van der Waals surface area contributed by atoms with Gasteiger partial charge in [0.05, 0.1) is 23.9 Å². The van der Waals surface area contributed by atoms with Gasteiger partial charge >= 0.3 is 11.9 Å². The fourth-order valence-electron chi connectivity index (χ4n) is 6.29. The topological polar surface area (TPSA) is 56.9 Å². The van der Waals surface area contributed by atoms with Crippen LogP contribution < -0.4 is 16.5 Å². The molecule has 7 nitrogen and oxygen atoms in total. The molecule has 3 unspecified atom stereocenters. The van der Waals surface area contributed by atoms with Crippen molar-refractivity contribution < 1.29 is 13.2 Å². The van der Waals surface area contributed by atoms with Crippen LogP contribution in [0.4, 0.5) is 13.2 Å². The number of hydrogen-bond donors (Lipinski definition) is 2. The van der Waals surface area contributed by atoms with Crippen LogP contribution in [0.15, 0.2) is 29.3 Å². The zero-order chi connectivity index (χ0) is 22.7. The van der Waals surface area contributed by atoms with Gasteiger partial charge < -0.3 is 4.90 Å². The molecule has 0 radical (unpaired) electrons. The quantitative estimate of drug-likeness (QED) is 0.747. The zero-order valence-corrected chi connectivity index (χ0v) is 18.5. The summed E-state index contributed by atoms with van der Waals surface area (Å²) in [6, 6.07) is 2.27. The van der Waals surface area contributed by atoms with E-state index in [0.29, 0.717) is 5.92 Å². The molecule has 2 aromatic heterocycles. The third-order valence-corrected chi connectivity index (χ3v) is 7.83. The number of halogens is 3. The van der Waals surface area contributed by atoms with E-state index >= 15 is 0 Å². The fraction of sp³-hybridized carbons (Fsp3) is 0.682. The molecule has 2 aliphatic heterocycles. The molecule has 0 aromatic carbocycles. The highest BCUT2D eigenvalue weighted by Gasteiger charge is 2.50. The molecule has 3 atom stereocenters. The van der Waals surface area contributed by atoms with E-state index in [2.05, 4.69) is 34.7 Å². The van der Waals surface area contributed by atoms with Crippen molar-refractivity contribution in [3.05, 3.63) is 40.6 Å². The molecule has 4 heterocycles. The van der Waals surface area contributed by atoms with Gasteiger partial charge in [0.1, 0.15) is 0 Å². The number of hydrogen-bond acceptors (Lipinski definition) is 5. The number of hydrazine groups is 1. The van der Waals surface area contributed by atoms with Gasteiger partial charge in [0.2, 0.25) is 0 Å². The lowest BCUT2D eigenvalue weighted by atomic mass is 9.61. The van der Waals surface area contributed by atoms with Crippen LogP contribution in [0.5, 0.6) is 0 Å². The number of aromatic nitrogens is 2. The molecule has 0 amide bonds. The van der Waals surface area contributed by atoms with Crippen molar-refractivity contribution in [3.63, 3.8) is 0 Å². The van der Waals surface area contributed by atoms with Crippen LogP contribution in [0.1, 0.15) is 43.7 Å². The molecule has 1 saturated carbocycles. The number of alkyl halides is 3. The van der Waals surface area contributed by atoms with Gasteiger partial charge in [0, 0.05) is 36.9 Å². The van der Waals surface area contributed by atoms with E-state index in [1.807, 2.05) is 0 Å². The number of imidazole rings is 1. The monoisotopic (exact) mass is 452 g/mol. The minimum atomic E-state index is -4.49. The normalized spacial score (nSPS) is 29.5. The fourth-order valence-corrected chi connectivity index (χ4v) is 6.29. The maximum atomic E-state index is 13.5. The molecule has 2 aromatic rings. The smallest absolute Gasteiger partial charge is 0.305 e. The highest BCUT2D eigenvalue weighted by atomic mass is 19.4. The van der Waals surface area contributed by atoms with Crippen molar-refractivity contribution in [2.45, 2.75) is 50.5 Å². The highest BCUT2D eigenvalue weighted by Crippen LogP contribution is 2.50. The average Bonchev–Trinajstić information content (AvgIpc) is 3.29. The Kier molecular flexibility index (Phi) is 5.39. The van der Waals surface area contributed by atoms with Crippen molar-refractivity contribution in [2.24, 2.45) is 11.3 Å². The zero-order valence-electron chi connectivity index (χ0n) is 18.5. The van der Waals surface area contributed by atoms with E-state index in [9.17, 15) is 18.0 Å². The van der Waals surface area contributed by atoms with Crippen molar-refractivity contribution >= 4 is 5.52 Å². The van der Waals surface area contributed by atoms with E-state index in [0.717, 1.165) is 62.3 Å². The Morgan fingerprint density at radius 1 is 1.22 bits per heavy atom. The standard InChI is InChI=1S/C22H31F3N6O/c1-28-12-21(13-28,10-19-27-26-14-29(19)2)15-5-3-6-16(9-15)31-11-18-17(22(23,24)25)7-4-8-30(18)20(31)32/h4,7-8,11,15-16,19,26-27H,3,5-6,9-10,12-14H2,1-2H3. The van der Waals surface area contributed by atoms with E-state index in [1.54, 1.807) is 4.57 Å². The Morgan fingerprint density at radius 2 is 2.00 bits per heavy atom. The average molecular weight is 453 g/mol. The molecular formula is C22H31F3N6O. The van der Waals surface area contributed by atoms with Crippen LogP contribution in [-0.2, 0) is 6.18 Å². The van der Waals surface area contributed by atoms with Gasteiger partial charge in [0.15, 0.2) is 0 Å². The van der Waals surface area contributed by atoms with Gasteiger partial charge in [-0.3, -0.25) is 13.9 Å². The van der Waals surface area contributed by atoms with Gasteiger partial charge in [-0.25, -0.2) is 15.6 Å². The van der Waals surface area contributed by atoms with Gasteiger partial charge in [-0.15, -0.1) is 0 Å². The molecule has 0 bridgehead atoms. The lowest BCUT2D eigenvalue weighted by Crippen LogP contribution is -2.61. The van der Waals surface area contributed by atoms with Crippen LogP contribution >= 0.6 is 0 Å². The molecule has 5 rings (SSSR count). The SMILES string of the molecule is CN1CC(CC2NNCN2C)(C2CCCC(n3cc4c(C(F)(F)F)cccn4c3=O)C2)C1. The van der Waals surface area contributed by atoms with Crippen molar-refractivity contribution in [1.82, 2.24) is 29.6 Å². The molecule has 0 spiro atoms. The Bertz CT molecular complexity index is 1040. The Labute approximate surface area is 185 Å². The largest absolute Gasteiger partial charge is 0.418 e. The van der Waals surface area contributed by atoms with Crippen LogP contribution in [-0.4, -0.2) is 58.8 Å². The van der Waals surface area contributed by atoms with Crippen molar-refractivity contribution in [1.29, 1.82) is 0 Å². The van der Waals surface area contributed by atoms with Gasteiger partial charge in [0.25, 0.3) is 0 Å². The summed E-state index contributed by atoms with van der Waals surface area (Å²) in [4.78, 5) is 17.6. The first-order valence-electron chi connectivity index (χ1n) is 11.3. The third-order valence-electron chi connectivity index (χ3n) is 7.83.